The standard InChI is InChI=1S/C13H9FN4O/c14-10-2-1-3-11(9(10)6-15)18-13(19)8-4-5-12(16)17-7-8/h1-5,7H,(H2,16,17)(H,18,19). The van der Waals surface area contributed by atoms with Crippen LogP contribution in [0.15, 0.2) is 36.5 Å². The van der Waals surface area contributed by atoms with Gasteiger partial charge in [-0.15, -0.1) is 0 Å². The van der Waals surface area contributed by atoms with E-state index in [1.165, 1.54) is 30.5 Å². The summed E-state index contributed by atoms with van der Waals surface area (Å²) in [7, 11) is 0. The van der Waals surface area contributed by atoms with Crippen molar-refractivity contribution in [2.75, 3.05) is 11.1 Å². The van der Waals surface area contributed by atoms with E-state index in [9.17, 15) is 9.18 Å². The van der Waals surface area contributed by atoms with Gasteiger partial charge in [-0.3, -0.25) is 4.79 Å². The summed E-state index contributed by atoms with van der Waals surface area (Å²) < 4.78 is 13.4. The molecule has 0 atom stereocenters. The summed E-state index contributed by atoms with van der Waals surface area (Å²) in [6, 6.07) is 8.68. The van der Waals surface area contributed by atoms with Crippen molar-refractivity contribution < 1.29 is 9.18 Å². The van der Waals surface area contributed by atoms with E-state index < -0.39 is 11.7 Å². The van der Waals surface area contributed by atoms with Crippen LogP contribution in [0.4, 0.5) is 15.9 Å². The van der Waals surface area contributed by atoms with Gasteiger partial charge in [-0.05, 0) is 24.3 Å². The number of carbonyl (C=O) groups is 1. The summed E-state index contributed by atoms with van der Waals surface area (Å²) in [6.07, 6.45) is 1.30. The van der Waals surface area contributed by atoms with Gasteiger partial charge in [0.05, 0.1) is 11.3 Å². The Balaban J connectivity index is 2.27. The first-order valence-electron chi connectivity index (χ1n) is 5.33. The van der Waals surface area contributed by atoms with E-state index in [2.05, 4.69) is 10.3 Å². The van der Waals surface area contributed by atoms with Crippen LogP contribution in [0.5, 0.6) is 0 Å². The van der Waals surface area contributed by atoms with Crippen molar-refractivity contribution in [3.63, 3.8) is 0 Å². The molecule has 0 aliphatic heterocycles. The molecular formula is C13H9FN4O. The Morgan fingerprint density at radius 2 is 2.16 bits per heavy atom. The lowest BCUT2D eigenvalue weighted by molar-refractivity contribution is 0.102. The Kier molecular flexibility index (Phi) is 3.39. The first-order chi connectivity index (χ1) is 9.11. The van der Waals surface area contributed by atoms with Gasteiger partial charge in [0.1, 0.15) is 23.3 Å². The van der Waals surface area contributed by atoms with Crippen LogP contribution in [0.1, 0.15) is 15.9 Å². The van der Waals surface area contributed by atoms with E-state index >= 15 is 0 Å². The highest BCUT2D eigenvalue weighted by molar-refractivity contribution is 6.04. The lowest BCUT2D eigenvalue weighted by Crippen LogP contribution is -2.13. The van der Waals surface area contributed by atoms with Crippen LogP contribution in [0, 0.1) is 17.1 Å². The Morgan fingerprint density at radius 1 is 1.37 bits per heavy atom. The second-order valence-electron chi connectivity index (χ2n) is 3.70. The van der Waals surface area contributed by atoms with Crippen LogP contribution in [-0.4, -0.2) is 10.9 Å². The fourth-order valence-corrected chi connectivity index (χ4v) is 1.48. The number of carbonyl (C=O) groups excluding carboxylic acids is 1. The van der Waals surface area contributed by atoms with Gasteiger partial charge in [-0.2, -0.15) is 5.26 Å². The van der Waals surface area contributed by atoms with Gasteiger partial charge >= 0.3 is 0 Å². The number of halogens is 1. The highest BCUT2D eigenvalue weighted by Gasteiger charge is 2.12. The Bertz CT molecular complexity index is 661. The zero-order valence-electron chi connectivity index (χ0n) is 9.72. The summed E-state index contributed by atoms with van der Waals surface area (Å²) >= 11 is 0. The normalized spacial score (nSPS) is 9.68. The van der Waals surface area contributed by atoms with Crippen molar-refractivity contribution in [3.05, 3.63) is 53.5 Å². The summed E-state index contributed by atoms with van der Waals surface area (Å²) in [5.41, 5.74) is 5.58. The molecule has 2 aromatic rings. The van der Waals surface area contributed by atoms with Crippen molar-refractivity contribution in [1.82, 2.24) is 4.98 Å². The number of nitrogens with one attached hydrogen (secondary N) is 1. The van der Waals surface area contributed by atoms with Crippen molar-refractivity contribution >= 4 is 17.4 Å². The predicted molar refractivity (Wildman–Crippen MR) is 67.7 cm³/mol. The van der Waals surface area contributed by atoms with Gasteiger partial charge in [-0.25, -0.2) is 9.37 Å². The first kappa shape index (κ1) is 12.5. The SMILES string of the molecule is N#Cc1c(F)cccc1NC(=O)c1ccc(N)nc1. The molecule has 6 heteroatoms. The Morgan fingerprint density at radius 3 is 2.79 bits per heavy atom. The van der Waals surface area contributed by atoms with Gasteiger partial charge in [0.15, 0.2) is 0 Å². The largest absolute Gasteiger partial charge is 0.384 e. The Labute approximate surface area is 108 Å². The van der Waals surface area contributed by atoms with E-state index in [0.29, 0.717) is 5.82 Å². The predicted octanol–water partition coefficient (Wildman–Crippen LogP) is 1.93. The number of hydrogen-bond donors (Lipinski definition) is 2. The third kappa shape index (κ3) is 2.66. The maximum atomic E-state index is 13.4. The zero-order valence-corrected chi connectivity index (χ0v) is 9.72. The molecule has 0 bridgehead atoms. The quantitative estimate of drug-likeness (QED) is 0.858. The van der Waals surface area contributed by atoms with Gasteiger partial charge in [0.25, 0.3) is 5.91 Å². The molecule has 5 nitrogen and oxygen atoms in total. The molecular weight excluding hydrogens is 247 g/mol. The summed E-state index contributed by atoms with van der Waals surface area (Å²) in [5.74, 6) is -0.884. The van der Waals surface area contributed by atoms with Crippen molar-refractivity contribution in [1.29, 1.82) is 5.26 Å². The molecule has 0 spiro atoms. The zero-order chi connectivity index (χ0) is 13.8. The molecule has 0 saturated heterocycles. The molecule has 0 fully saturated rings. The first-order valence-corrected chi connectivity index (χ1v) is 5.33. The molecule has 0 saturated carbocycles. The lowest BCUT2D eigenvalue weighted by atomic mass is 10.1. The summed E-state index contributed by atoms with van der Waals surface area (Å²) in [4.78, 5) is 15.7. The average Bonchev–Trinajstić information content (AvgIpc) is 2.39. The van der Waals surface area contributed by atoms with Crippen LogP contribution in [0.3, 0.4) is 0 Å². The van der Waals surface area contributed by atoms with E-state index in [0.717, 1.165) is 6.07 Å². The number of nitriles is 1. The van der Waals surface area contributed by atoms with Crippen molar-refractivity contribution in [2.24, 2.45) is 0 Å². The molecule has 0 unspecified atom stereocenters. The maximum Gasteiger partial charge on any atom is 0.257 e. The second-order valence-corrected chi connectivity index (χ2v) is 3.70. The molecule has 3 N–H and O–H groups in total. The molecule has 19 heavy (non-hydrogen) atoms. The molecule has 1 amide bonds. The van der Waals surface area contributed by atoms with Crippen LogP contribution in [0.25, 0.3) is 0 Å². The van der Waals surface area contributed by atoms with Crippen molar-refractivity contribution in [3.8, 4) is 6.07 Å². The van der Waals surface area contributed by atoms with Crippen LogP contribution >= 0.6 is 0 Å². The van der Waals surface area contributed by atoms with E-state index in [4.69, 9.17) is 11.0 Å². The fraction of sp³-hybridized carbons (Fsp3) is 0. The molecule has 1 aromatic carbocycles. The number of aromatic nitrogens is 1. The molecule has 1 heterocycles. The number of nitrogen functional groups attached to an aromatic ring is 1. The average molecular weight is 256 g/mol. The molecule has 0 aliphatic rings. The molecule has 0 radical (unpaired) electrons. The number of nitrogens with zero attached hydrogens (tertiary/aromatic N) is 2. The van der Waals surface area contributed by atoms with Gasteiger partial charge < -0.3 is 11.1 Å². The number of benzene rings is 1. The monoisotopic (exact) mass is 256 g/mol. The summed E-state index contributed by atoms with van der Waals surface area (Å²) in [5, 5.41) is 11.3. The minimum atomic E-state index is -0.685. The van der Waals surface area contributed by atoms with Gasteiger partial charge in [0.2, 0.25) is 0 Å². The van der Waals surface area contributed by atoms with E-state index in [1.807, 2.05) is 0 Å². The van der Waals surface area contributed by atoms with Crippen LogP contribution < -0.4 is 11.1 Å². The number of anilines is 2. The molecule has 1 aromatic heterocycles. The lowest BCUT2D eigenvalue weighted by Gasteiger charge is -2.07. The number of hydrogen-bond acceptors (Lipinski definition) is 4. The highest BCUT2D eigenvalue weighted by atomic mass is 19.1. The minimum absolute atomic E-state index is 0.115. The van der Waals surface area contributed by atoms with Gasteiger partial charge in [-0.1, -0.05) is 6.07 Å². The highest BCUT2D eigenvalue weighted by Crippen LogP contribution is 2.18. The van der Waals surface area contributed by atoms with E-state index in [1.54, 1.807) is 6.07 Å². The van der Waals surface area contributed by atoms with Crippen LogP contribution in [-0.2, 0) is 0 Å². The topological polar surface area (TPSA) is 91.8 Å². The van der Waals surface area contributed by atoms with Crippen molar-refractivity contribution in [2.45, 2.75) is 0 Å². The third-order valence-electron chi connectivity index (χ3n) is 2.42. The molecule has 94 valence electrons. The number of amides is 1. The van der Waals surface area contributed by atoms with E-state index in [-0.39, 0.29) is 16.8 Å². The van der Waals surface area contributed by atoms with Gasteiger partial charge in [0, 0.05) is 6.20 Å². The fourth-order valence-electron chi connectivity index (χ4n) is 1.48. The minimum Gasteiger partial charge on any atom is -0.384 e. The Hall–Kier alpha value is -2.94. The molecule has 0 aliphatic carbocycles. The second kappa shape index (κ2) is 5.14. The maximum absolute atomic E-state index is 13.4. The summed E-state index contributed by atoms with van der Waals surface area (Å²) in [6.45, 7) is 0. The number of pyridine rings is 1. The molecule has 2 rings (SSSR count). The number of nitrogens with two attached hydrogens (primary N) is 1. The van der Waals surface area contributed by atoms with Crippen LogP contribution in [0.2, 0.25) is 0 Å². The number of rotatable bonds is 2. The smallest absolute Gasteiger partial charge is 0.257 e. The third-order valence-corrected chi connectivity index (χ3v) is 2.42.